The number of nitrogens with two attached hydrogens (primary N) is 1. The van der Waals surface area contributed by atoms with Crippen molar-refractivity contribution in [2.75, 3.05) is 18.0 Å². The molecule has 5 heteroatoms. The molecule has 3 rings (SSSR count). The molecule has 1 aliphatic carbocycles. The summed E-state index contributed by atoms with van der Waals surface area (Å²) >= 11 is 0. The average molecular weight is 264 g/mol. The standard InChI is InChI=1S/C14H24N4O/c15-9-4-8-12-7-1-2-10-18(12)14-16-13(17-19-14)11-5-3-6-11/h11-12H,1-10,15H2. The molecule has 1 unspecified atom stereocenters. The second-order valence-corrected chi connectivity index (χ2v) is 5.84. The third kappa shape index (κ3) is 2.76. The third-order valence-corrected chi connectivity index (χ3v) is 4.52. The van der Waals surface area contributed by atoms with E-state index in [-0.39, 0.29) is 0 Å². The van der Waals surface area contributed by atoms with Crippen LogP contribution in [0.15, 0.2) is 4.52 Å². The highest BCUT2D eigenvalue weighted by Gasteiger charge is 2.29. The molecule has 1 aromatic rings. The fourth-order valence-corrected chi connectivity index (χ4v) is 3.08. The molecule has 2 aliphatic rings. The zero-order valence-corrected chi connectivity index (χ0v) is 11.6. The highest BCUT2D eigenvalue weighted by molar-refractivity contribution is 5.29. The van der Waals surface area contributed by atoms with Crippen molar-refractivity contribution in [1.29, 1.82) is 0 Å². The third-order valence-electron chi connectivity index (χ3n) is 4.52. The van der Waals surface area contributed by atoms with Crippen LogP contribution in [-0.4, -0.2) is 29.3 Å². The number of aromatic nitrogens is 2. The van der Waals surface area contributed by atoms with Crippen LogP contribution >= 0.6 is 0 Å². The van der Waals surface area contributed by atoms with Crippen molar-refractivity contribution in [3.8, 4) is 0 Å². The summed E-state index contributed by atoms with van der Waals surface area (Å²) in [6, 6.07) is 1.27. The Kier molecular flexibility index (Phi) is 4.01. The van der Waals surface area contributed by atoms with E-state index in [0.717, 1.165) is 37.8 Å². The lowest BCUT2D eigenvalue weighted by Crippen LogP contribution is -2.40. The molecule has 0 aromatic carbocycles. The molecule has 1 aliphatic heterocycles. The molecule has 0 radical (unpaired) electrons. The van der Waals surface area contributed by atoms with Crippen LogP contribution < -0.4 is 10.6 Å². The van der Waals surface area contributed by atoms with E-state index in [1.54, 1.807) is 0 Å². The summed E-state index contributed by atoms with van der Waals surface area (Å²) in [4.78, 5) is 6.94. The van der Waals surface area contributed by atoms with Crippen LogP contribution in [0.3, 0.4) is 0 Å². The lowest BCUT2D eigenvalue weighted by Gasteiger charge is -2.34. The molecule has 0 spiro atoms. The molecule has 1 saturated carbocycles. The van der Waals surface area contributed by atoms with Crippen molar-refractivity contribution in [1.82, 2.24) is 10.1 Å². The average Bonchev–Trinajstić information content (AvgIpc) is 2.84. The van der Waals surface area contributed by atoms with E-state index in [9.17, 15) is 0 Å². The van der Waals surface area contributed by atoms with E-state index in [4.69, 9.17) is 10.3 Å². The summed E-state index contributed by atoms with van der Waals surface area (Å²) in [7, 11) is 0. The molecule has 19 heavy (non-hydrogen) atoms. The van der Waals surface area contributed by atoms with Crippen LogP contribution in [0.5, 0.6) is 0 Å². The van der Waals surface area contributed by atoms with E-state index in [1.807, 2.05) is 0 Å². The molecular weight excluding hydrogens is 240 g/mol. The van der Waals surface area contributed by atoms with Gasteiger partial charge in [-0.05, 0) is 51.5 Å². The van der Waals surface area contributed by atoms with Crippen molar-refractivity contribution in [3.63, 3.8) is 0 Å². The molecule has 0 bridgehead atoms. The van der Waals surface area contributed by atoms with Gasteiger partial charge in [-0.2, -0.15) is 4.98 Å². The Morgan fingerprint density at radius 1 is 1.21 bits per heavy atom. The first-order valence-corrected chi connectivity index (χ1v) is 7.69. The summed E-state index contributed by atoms with van der Waals surface area (Å²) < 4.78 is 5.50. The molecule has 1 atom stereocenters. The predicted molar refractivity (Wildman–Crippen MR) is 74.2 cm³/mol. The minimum atomic E-state index is 0.534. The first-order valence-electron chi connectivity index (χ1n) is 7.69. The Bertz CT molecular complexity index is 402. The lowest BCUT2D eigenvalue weighted by atomic mass is 9.85. The van der Waals surface area contributed by atoms with Crippen LogP contribution in [0.4, 0.5) is 6.01 Å². The van der Waals surface area contributed by atoms with Gasteiger partial charge >= 0.3 is 6.01 Å². The predicted octanol–water partition coefficient (Wildman–Crippen LogP) is 2.43. The summed E-state index contributed by atoms with van der Waals surface area (Å²) in [5.41, 5.74) is 5.63. The van der Waals surface area contributed by atoms with Gasteiger partial charge in [0.1, 0.15) is 0 Å². The van der Waals surface area contributed by atoms with Gasteiger partial charge in [0.05, 0.1) is 0 Å². The largest absolute Gasteiger partial charge is 0.330 e. The van der Waals surface area contributed by atoms with Crippen molar-refractivity contribution < 1.29 is 4.52 Å². The van der Waals surface area contributed by atoms with Crippen LogP contribution in [-0.2, 0) is 0 Å². The van der Waals surface area contributed by atoms with Gasteiger partial charge in [-0.25, -0.2) is 0 Å². The van der Waals surface area contributed by atoms with Gasteiger partial charge in [-0.1, -0.05) is 11.6 Å². The van der Waals surface area contributed by atoms with Crippen molar-refractivity contribution in [2.45, 2.75) is 63.3 Å². The molecule has 106 valence electrons. The van der Waals surface area contributed by atoms with E-state index in [2.05, 4.69) is 15.0 Å². The Balaban J connectivity index is 1.68. The second kappa shape index (κ2) is 5.90. The Labute approximate surface area is 114 Å². The van der Waals surface area contributed by atoms with Crippen molar-refractivity contribution in [3.05, 3.63) is 5.82 Å². The molecule has 2 fully saturated rings. The number of nitrogens with zero attached hydrogens (tertiary/aromatic N) is 3. The number of rotatable bonds is 5. The first-order chi connectivity index (χ1) is 9.38. The molecule has 0 amide bonds. The summed E-state index contributed by atoms with van der Waals surface area (Å²) in [6.45, 7) is 1.81. The number of hydrogen-bond donors (Lipinski definition) is 1. The van der Waals surface area contributed by atoms with Gasteiger partial charge < -0.3 is 15.2 Å². The highest BCUT2D eigenvalue weighted by atomic mass is 16.5. The van der Waals surface area contributed by atoms with Gasteiger partial charge in [0.25, 0.3) is 0 Å². The first kappa shape index (κ1) is 12.9. The minimum absolute atomic E-state index is 0.534. The Hall–Kier alpha value is -1.10. The molecule has 5 nitrogen and oxygen atoms in total. The molecule has 2 N–H and O–H groups in total. The fraction of sp³-hybridized carbons (Fsp3) is 0.857. The van der Waals surface area contributed by atoms with Crippen LogP contribution in [0.25, 0.3) is 0 Å². The quantitative estimate of drug-likeness (QED) is 0.884. The summed E-state index contributed by atoms with van der Waals surface area (Å²) in [6.07, 6.45) is 9.70. The van der Waals surface area contributed by atoms with Gasteiger partial charge in [0.2, 0.25) is 0 Å². The van der Waals surface area contributed by atoms with Gasteiger partial charge in [-0.3, -0.25) is 0 Å². The summed E-state index contributed by atoms with van der Waals surface area (Å²) in [5.74, 6) is 1.47. The van der Waals surface area contributed by atoms with Crippen LogP contribution in [0, 0.1) is 0 Å². The Morgan fingerprint density at radius 2 is 2.11 bits per heavy atom. The smallest absolute Gasteiger partial charge is 0.324 e. The normalized spacial score (nSPS) is 24.5. The fourth-order valence-electron chi connectivity index (χ4n) is 3.08. The lowest BCUT2D eigenvalue weighted by molar-refractivity contribution is 0.344. The zero-order valence-electron chi connectivity index (χ0n) is 11.6. The molecular formula is C14H24N4O. The zero-order chi connectivity index (χ0) is 13.1. The number of anilines is 1. The molecule has 1 aromatic heterocycles. The summed E-state index contributed by atoms with van der Waals surface area (Å²) in [5, 5.41) is 4.18. The minimum Gasteiger partial charge on any atom is -0.330 e. The van der Waals surface area contributed by atoms with E-state index in [1.165, 1.54) is 38.5 Å². The maximum atomic E-state index is 5.63. The van der Waals surface area contributed by atoms with Gasteiger partial charge in [0, 0.05) is 18.5 Å². The van der Waals surface area contributed by atoms with E-state index < -0.39 is 0 Å². The number of piperidine rings is 1. The van der Waals surface area contributed by atoms with Crippen molar-refractivity contribution in [2.24, 2.45) is 5.73 Å². The topological polar surface area (TPSA) is 68.2 Å². The highest BCUT2D eigenvalue weighted by Crippen LogP contribution is 2.36. The maximum absolute atomic E-state index is 5.63. The Morgan fingerprint density at radius 3 is 2.84 bits per heavy atom. The molecule has 2 heterocycles. The number of hydrogen-bond acceptors (Lipinski definition) is 5. The van der Waals surface area contributed by atoms with E-state index >= 15 is 0 Å². The SMILES string of the molecule is NCCCC1CCCCN1c1nc(C2CCC2)no1. The van der Waals surface area contributed by atoms with Gasteiger partial charge in [-0.15, -0.1) is 0 Å². The van der Waals surface area contributed by atoms with Crippen LogP contribution in [0.2, 0.25) is 0 Å². The van der Waals surface area contributed by atoms with E-state index in [0.29, 0.717) is 12.0 Å². The monoisotopic (exact) mass is 264 g/mol. The van der Waals surface area contributed by atoms with Gasteiger partial charge in [0.15, 0.2) is 5.82 Å². The van der Waals surface area contributed by atoms with Crippen molar-refractivity contribution >= 4 is 6.01 Å². The maximum Gasteiger partial charge on any atom is 0.324 e. The second-order valence-electron chi connectivity index (χ2n) is 5.84. The molecule has 1 saturated heterocycles. The van der Waals surface area contributed by atoms with Crippen LogP contribution in [0.1, 0.15) is 63.1 Å².